The van der Waals surface area contributed by atoms with Crippen molar-refractivity contribution in [3.63, 3.8) is 0 Å². The summed E-state index contributed by atoms with van der Waals surface area (Å²) in [5, 5.41) is 1.40. The lowest BCUT2D eigenvalue weighted by atomic mass is 9.66. The van der Waals surface area contributed by atoms with Crippen LogP contribution in [0.15, 0.2) is 61.2 Å². The highest BCUT2D eigenvalue weighted by atomic mass is 35.5. The Morgan fingerprint density at radius 3 is 2.55 bits per heavy atom. The molecule has 176 valence electrons. The minimum atomic E-state index is -0.538. The summed E-state index contributed by atoms with van der Waals surface area (Å²) >= 11 is 12.7. The maximum absolute atomic E-state index is 14.3. The van der Waals surface area contributed by atoms with Crippen LogP contribution in [-0.4, -0.2) is 29.6 Å². The van der Waals surface area contributed by atoms with Gasteiger partial charge in [0.2, 0.25) is 5.91 Å². The number of amides is 1. The fourth-order valence-corrected chi connectivity index (χ4v) is 6.12. The second kappa shape index (κ2) is 10.2. The number of hydrogen-bond donors (Lipinski definition) is 0. The highest BCUT2D eigenvalue weighted by molar-refractivity contribution is 6.30. The lowest BCUT2D eigenvalue weighted by Crippen LogP contribution is -2.58. The molecule has 0 radical (unpaired) electrons. The first-order valence-corrected chi connectivity index (χ1v) is 12.7. The molecule has 2 aromatic rings. The Bertz CT molecular complexity index is 986. The molecule has 0 aliphatic carbocycles. The number of nitrogens with zero attached hydrogens (tertiary/aromatic N) is 1. The molecule has 0 aromatic heterocycles. The van der Waals surface area contributed by atoms with Gasteiger partial charge >= 0.3 is 0 Å². The number of halogens is 2. The van der Waals surface area contributed by atoms with Crippen LogP contribution in [0, 0.1) is 5.41 Å². The molecule has 1 unspecified atom stereocenters. The molecule has 0 saturated carbocycles. The number of carbonyl (C=O) groups is 1. The third-order valence-electron chi connectivity index (χ3n) is 7.35. The number of allylic oxidation sites excluding steroid dienone is 1. The maximum Gasteiger partial charge on any atom is 0.229 e. The topological polar surface area (TPSA) is 29.5 Å². The Morgan fingerprint density at radius 1 is 1.18 bits per heavy atom. The molecule has 33 heavy (non-hydrogen) atoms. The number of piperidine rings is 1. The van der Waals surface area contributed by atoms with Crippen molar-refractivity contribution in [1.82, 2.24) is 4.90 Å². The zero-order valence-corrected chi connectivity index (χ0v) is 21.0. The second-order valence-electron chi connectivity index (χ2n) is 9.65. The van der Waals surface area contributed by atoms with E-state index in [2.05, 4.69) is 43.5 Å². The molecule has 0 N–H and O–H groups in total. The first kappa shape index (κ1) is 24.3. The van der Waals surface area contributed by atoms with E-state index in [4.69, 9.17) is 27.9 Å². The average Bonchev–Trinajstić information content (AvgIpc) is 3.33. The van der Waals surface area contributed by atoms with Crippen LogP contribution in [0.3, 0.4) is 0 Å². The lowest BCUT2D eigenvalue weighted by Gasteiger charge is -2.53. The molecule has 0 bridgehead atoms. The van der Waals surface area contributed by atoms with E-state index < -0.39 is 5.41 Å². The molecule has 1 amide bonds. The summed E-state index contributed by atoms with van der Waals surface area (Å²) in [7, 11) is 0. The monoisotopic (exact) mass is 485 g/mol. The highest BCUT2D eigenvalue weighted by Crippen LogP contribution is 2.52. The molecule has 2 fully saturated rings. The number of ether oxygens (including phenoxy) is 1. The number of rotatable bonds is 7. The average molecular weight is 486 g/mol. The summed E-state index contributed by atoms with van der Waals surface area (Å²) in [5.41, 5.74) is 1.70. The summed E-state index contributed by atoms with van der Waals surface area (Å²) in [5.74, 6) is 0.269. The number of likely N-dealkylation sites (tertiary alicyclic amines) is 1. The smallest absolute Gasteiger partial charge is 0.229 e. The van der Waals surface area contributed by atoms with Crippen molar-refractivity contribution in [1.29, 1.82) is 0 Å². The van der Waals surface area contributed by atoms with Crippen LogP contribution in [-0.2, 0) is 9.53 Å². The van der Waals surface area contributed by atoms with Crippen molar-refractivity contribution >= 4 is 29.1 Å². The van der Waals surface area contributed by atoms with E-state index in [1.807, 2.05) is 36.4 Å². The van der Waals surface area contributed by atoms with Gasteiger partial charge in [-0.25, -0.2) is 0 Å². The number of benzene rings is 2. The van der Waals surface area contributed by atoms with Crippen LogP contribution in [0.25, 0.3) is 0 Å². The van der Waals surface area contributed by atoms with Gasteiger partial charge < -0.3 is 9.64 Å². The molecule has 2 aliphatic rings. The molecule has 5 heteroatoms. The lowest BCUT2D eigenvalue weighted by molar-refractivity contribution is -0.158. The first-order chi connectivity index (χ1) is 15.9. The van der Waals surface area contributed by atoms with Crippen LogP contribution in [0.1, 0.15) is 69.0 Å². The van der Waals surface area contributed by atoms with Gasteiger partial charge in [-0.2, -0.15) is 0 Å². The van der Waals surface area contributed by atoms with Gasteiger partial charge in [0.15, 0.2) is 0 Å². The van der Waals surface area contributed by atoms with E-state index in [1.54, 1.807) is 0 Å². The highest BCUT2D eigenvalue weighted by Gasteiger charge is 2.52. The Kier molecular flexibility index (Phi) is 7.53. The van der Waals surface area contributed by atoms with Gasteiger partial charge in [0.25, 0.3) is 0 Å². The maximum atomic E-state index is 14.3. The van der Waals surface area contributed by atoms with E-state index in [0.29, 0.717) is 16.5 Å². The van der Waals surface area contributed by atoms with Gasteiger partial charge in [0.1, 0.15) is 0 Å². The Labute approximate surface area is 207 Å². The molecule has 2 heterocycles. The fraction of sp³-hybridized carbons (Fsp3) is 0.464. The Balaban J connectivity index is 1.89. The fourth-order valence-electron chi connectivity index (χ4n) is 5.80. The van der Waals surface area contributed by atoms with E-state index in [9.17, 15) is 4.79 Å². The molecule has 2 aromatic carbocycles. The predicted molar refractivity (Wildman–Crippen MR) is 136 cm³/mol. The normalized spacial score (nSPS) is 28.7. The van der Waals surface area contributed by atoms with E-state index in [1.165, 1.54) is 0 Å². The Hall–Kier alpha value is -1.81. The van der Waals surface area contributed by atoms with Gasteiger partial charge in [-0.1, -0.05) is 67.4 Å². The molecule has 2 aliphatic heterocycles. The molecule has 0 spiro atoms. The van der Waals surface area contributed by atoms with E-state index >= 15 is 0 Å². The standard InChI is InChI=1S/C28H33Cl2NO2/c1-4-15-28(3)18-23(20-8-6-9-22(30)17-20)26(19-11-13-21(29)14-12-19)31(27(28)32)24(5-2)25-10-7-16-33-25/h4,6,8-9,11-14,17,23-26H,1,5,7,10,15-16,18H2,2-3H3/t23-,24?,25+,26-,28+/m1/s1. The van der Waals surface area contributed by atoms with Crippen molar-refractivity contribution < 1.29 is 9.53 Å². The molecule has 4 rings (SSSR count). The minimum Gasteiger partial charge on any atom is -0.376 e. The predicted octanol–water partition coefficient (Wildman–Crippen LogP) is 7.59. The second-order valence-corrected chi connectivity index (χ2v) is 10.5. The summed E-state index contributed by atoms with van der Waals surface area (Å²) in [6, 6.07) is 15.9. The number of carbonyl (C=O) groups excluding carboxylic acids is 1. The quantitative estimate of drug-likeness (QED) is 0.378. The van der Waals surface area contributed by atoms with Gasteiger partial charge in [0, 0.05) is 22.6 Å². The van der Waals surface area contributed by atoms with Crippen molar-refractivity contribution in [2.75, 3.05) is 6.61 Å². The largest absolute Gasteiger partial charge is 0.376 e. The van der Waals surface area contributed by atoms with Gasteiger partial charge in [-0.05, 0) is 67.5 Å². The SMILES string of the molecule is C=CC[C@@]1(C)C[C@H](c2cccc(Cl)c2)[C@@H](c2ccc(Cl)cc2)N(C(CC)[C@@H]2CCCO2)C1=O. The minimum absolute atomic E-state index is 0.00630. The van der Waals surface area contributed by atoms with Crippen molar-refractivity contribution in [2.45, 2.75) is 70.1 Å². The summed E-state index contributed by atoms with van der Waals surface area (Å²) < 4.78 is 6.14. The third-order valence-corrected chi connectivity index (χ3v) is 7.84. The first-order valence-electron chi connectivity index (χ1n) is 11.9. The van der Waals surface area contributed by atoms with Crippen LogP contribution in [0.2, 0.25) is 10.0 Å². The van der Waals surface area contributed by atoms with E-state index in [0.717, 1.165) is 43.4 Å². The van der Waals surface area contributed by atoms with Crippen LogP contribution in [0.4, 0.5) is 0 Å². The summed E-state index contributed by atoms with van der Waals surface area (Å²) in [4.78, 5) is 16.4. The van der Waals surface area contributed by atoms with Gasteiger partial charge in [0.05, 0.1) is 23.6 Å². The van der Waals surface area contributed by atoms with Gasteiger partial charge in [-0.3, -0.25) is 4.79 Å². The van der Waals surface area contributed by atoms with Crippen molar-refractivity contribution in [3.05, 3.63) is 82.4 Å². The molecule has 3 nitrogen and oxygen atoms in total. The summed E-state index contributed by atoms with van der Waals surface area (Å²) in [6.45, 7) is 8.97. The molecular weight excluding hydrogens is 453 g/mol. The molecular formula is C28H33Cl2NO2. The Morgan fingerprint density at radius 2 is 1.94 bits per heavy atom. The van der Waals surface area contributed by atoms with Crippen molar-refractivity contribution in [3.8, 4) is 0 Å². The third kappa shape index (κ3) is 4.87. The van der Waals surface area contributed by atoms with Crippen LogP contribution in [0.5, 0.6) is 0 Å². The zero-order chi connectivity index (χ0) is 23.6. The van der Waals surface area contributed by atoms with Gasteiger partial charge in [-0.15, -0.1) is 6.58 Å². The number of hydrogen-bond acceptors (Lipinski definition) is 2. The summed E-state index contributed by atoms with van der Waals surface area (Å²) in [6.07, 6.45) is 6.15. The van der Waals surface area contributed by atoms with Crippen LogP contribution >= 0.6 is 23.2 Å². The molecule has 5 atom stereocenters. The zero-order valence-electron chi connectivity index (χ0n) is 19.5. The van der Waals surface area contributed by atoms with Crippen molar-refractivity contribution in [2.24, 2.45) is 5.41 Å². The molecule has 2 saturated heterocycles. The van der Waals surface area contributed by atoms with E-state index in [-0.39, 0.29) is 30.0 Å². The van der Waals surface area contributed by atoms with Crippen LogP contribution < -0.4 is 0 Å².